The molecule has 0 spiro atoms. The summed E-state index contributed by atoms with van der Waals surface area (Å²) < 4.78 is 18.0. The van der Waals surface area contributed by atoms with E-state index in [1.807, 2.05) is 0 Å². The van der Waals surface area contributed by atoms with Crippen molar-refractivity contribution >= 4 is 0 Å². The first kappa shape index (κ1) is 51.2. The molecule has 0 fully saturated rings. The smallest absolute Gasteiger partial charge is 0.240 e. The first-order chi connectivity index (χ1) is 36.3. The van der Waals surface area contributed by atoms with Crippen molar-refractivity contribution in [3.8, 4) is 33.4 Å². The zero-order chi connectivity index (χ0) is 50.7. The Bertz CT molecular complexity index is 2760. The Morgan fingerprint density at radius 1 is 0.311 bits per heavy atom. The second kappa shape index (κ2) is 23.9. The molecule has 0 aliphatic heterocycles. The lowest BCUT2D eigenvalue weighted by Crippen LogP contribution is -2.26. The molecule has 2 aliphatic carbocycles. The lowest BCUT2D eigenvalue weighted by Gasteiger charge is -2.34. The van der Waals surface area contributed by atoms with Crippen molar-refractivity contribution in [1.82, 2.24) is 18.3 Å². The van der Waals surface area contributed by atoms with Crippen molar-refractivity contribution in [2.24, 2.45) is 28.2 Å². The first-order valence-corrected chi connectivity index (χ1v) is 28.8. The minimum absolute atomic E-state index is 0.0130. The first-order valence-electron chi connectivity index (χ1n) is 28.8. The average Bonchev–Trinajstić information content (AvgIpc) is 4.30. The molecule has 4 heterocycles. The van der Waals surface area contributed by atoms with Gasteiger partial charge in [0.05, 0.1) is 54.4 Å². The highest BCUT2D eigenvalue weighted by Crippen LogP contribution is 2.57. The summed E-state index contributed by atoms with van der Waals surface area (Å²) in [5.41, 5.74) is 14.9. The van der Waals surface area contributed by atoms with Gasteiger partial charge in [-0.05, 0) is 145 Å². The number of fused-ring (bicyclic) bond motifs is 6. The standard InChI is InChI=1S/C66H86N8/c1-67-41-45-71(51-67)37-21-9-5-17-33-65(34-18-6-10-22-38-72-46-42-68(2)52-72)61-27-15-13-25-57(61)59-31-29-55(49-63(59)65)56-30-32-60-58-26-14-16-28-62(58)66(64(60)50-56,35-19-7-11-23-39-73-47-43-69(3)53-73)36-20-8-12-24-40-74-48-44-70(4)54-74/h13-16,25-32,41-54H,5-12,17-24,33-40H2,1-4H3/q+4. The Hall–Kier alpha value is -6.28. The molecule has 8 nitrogen and oxygen atoms in total. The van der Waals surface area contributed by atoms with Crippen LogP contribution >= 0.6 is 0 Å². The zero-order valence-electron chi connectivity index (χ0n) is 45.6. The summed E-state index contributed by atoms with van der Waals surface area (Å²) in [5.74, 6) is 0. The van der Waals surface area contributed by atoms with Gasteiger partial charge < -0.3 is 0 Å². The van der Waals surface area contributed by atoms with Gasteiger partial charge in [-0.2, -0.15) is 0 Å². The van der Waals surface area contributed by atoms with Gasteiger partial charge >= 0.3 is 0 Å². The fraction of sp³-hybridized carbons (Fsp3) is 0.455. The van der Waals surface area contributed by atoms with Crippen LogP contribution in [0.4, 0.5) is 0 Å². The highest BCUT2D eigenvalue weighted by Gasteiger charge is 2.44. The van der Waals surface area contributed by atoms with Crippen molar-refractivity contribution in [3.05, 3.63) is 182 Å². The number of aryl methyl sites for hydroxylation is 8. The lowest BCUT2D eigenvalue weighted by atomic mass is 9.69. The minimum Gasteiger partial charge on any atom is -0.240 e. The van der Waals surface area contributed by atoms with Crippen LogP contribution in [0.15, 0.2) is 160 Å². The molecule has 0 saturated carbocycles. The Morgan fingerprint density at radius 2 is 0.595 bits per heavy atom. The van der Waals surface area contributed by atoms with Gasteiger partial charge in [-0.15, -0.1) is 0 Å². The van der Waals surface area contributed by atoms with E-state index in [-0.39, 0.29) is 10.8 Å². The summed E-state index contributed by atoms with van der Waals surface area (Å²) in [4.78, 5) is 0. The van der Waals surface area contributed by atoms with Gasteiger partial charge in [0.1, 0.15) is 49.6 Å². The van der Waals surface area contributed by atoms with Crippen LogP contribution in [-0.4, -0.2) is 18.3 Å². The SMILES string of the molecule is C[n+]1ccn(CCCCCCC2(CCCCCCn3cc[n+](C)c3)c3ccccc3-c3ccc(-c4ccc5c(c4)C(CCCCCCn4cc[n+](C)c4)(CCCCCCn4cc[n+](C)c4)c4ccccc4-5)cc32)c1. The van der Waals surface area contributed by atoms with E-state index in [0.29, 0.717) is 0 Å². The van der Waals surface area contributed by atoms with Crippen molar-refractivity contribution in [3.63, 3.8) is 0 Å². The molecule has 10 rings (SSSR count). The third-order valence-corrected chi connectivity index (χ3v) is 17.2. The molecule has 4 aromatic heterocycles. The maximum Gasteiger partial charge on any atom is 0.243 e. The second-order valence-corrected chi connectivity index (χ2v) is 22.7. The van der Waals surface area contributed by atoms with Crippen LogP contribution in [0, 0.1) is 0 Å². The van der Waals surface area contributed by atoms with Crippen LogP contribution in [0.5, 0.6) is 0 Å². The van der Waals surface area contributed by atoms with E-state index < -0.39 is 0 Å². The van der Waals surface area contributed by atoms with Crippen LogP contribution in [0.1, 0.15) is 151 Å². The second-order valence-electron chi connectivity index (χ2n) is 22.7. The molecule has 386 valence electrons. The van der Waals surface area contributed by atoms with Gasteiger partial charge in [0.25, 0.3) is 0 Å². The Morgan fingerprint density at radius 3 is 0.892 bits per heavy atom. The van der Waals surface area contributed by atoms with E-state index >= 15 is 0 Å². The summed E-state index contributed by atoms with van der Waals surface area (Å²) in [6.07, 6.45) is 51.1. The fourth-order valence-electron chi connectivity index (χ4n) is 13.4. The van der Waals surface area contributed by atoms with E-state index in [9.17, 15) is 0 Å². The molecule has 74 heavy (non-hydrogen) atoms. The molecule has 0 atom stereocenters. The average molecular weight is 991 g/mol. The van der Waals surface area contributed by atoms with Gasteiger partial charge in [0, 0.05) is 10.8 Å². The number of imidazole rings is 4. The number of rotatable bonds is 29. The van der Waals surface area contributed by atoms with Gasteiger partial charge in [-0.25, -0.2) is 36.5 Å². The van der Waals surface area contributed by atoms with E-state index in [2.05, 4.69) is 225 Å². The number of benzene rings is 4. The zero-order valence-corrected chi connectivity index (χ0v) is 45.6. The van der Waals surface area contributed by atoms with E-state index in [4.69, 9.17) is 0 Å². The molecular formula is C66H86N8+4. The van der Waals surface area contributed by atoms with Gasteiger partial charge in [-0.3, -0.25) is 0 Å². The molecule has 0 N–H and O–H groups in total. The van der Waals surface area contributed by atoms with Crippen LogP contribution in [0.25, 0.3) is 33.4 Å². The van der Waals surface area contributed by atoms with Crippen molar-refractivity contribution < 1.29 is 18.3 Å². The lowest BCUT2D eigenvalue weighted by molar-refractivity contribution is -0.671. The summed E-state index contributed by atoms with van der Waals surface area (Å²) in [6.45, 7) is 4.38. The van der Waals surface area contributed by atoms with Gasteiger partial charge in [0.2, 0.25) is 25.3 Å². The minimum atomic E-state index is 0.0130. The molecule has 0 unspecified atom stereocenters. The molecular weight excluding hydrogens is 905 g/mol. The monoisotopic (exact) mass is 991 g/mol. The van der Waals surface area contributed by atoms with Crippen LogP contribution in [0.3, 0.4) is 0 Å². The molecule has 0 bridgehead atoms. The number of hydrogen-bond donors (Lipinski definition) is 0. The van der Waals surface area contributed by atoms with Crippen molar-refractivity contribution in [2.75, 3.05) is 0 Å². The molecule has 0 saturated heterocycles. The summed E-state index contributed by atoms with van der Waals surface area (Å²) in [5, 5.41) is 0. The molecule has 4 aromatic carbocycles. The third kappa shape index (κ3) is 11.6. The topological polar surface area (TPSA) is 35.2 Å². The highest BCUT2D eigenvalue weighted by molar-refractivity contribution is 5.87. The fourth-order valence-corrected chi connectivity index (χ4v) is 13.4. The Kier molecular flexibility index (Phi) is 16.6. The predicted molar refractivity (Wildman–Crippen MR) is 299 cm³/mol. The quantitative estimate of drug-likeness (QED) is 0.0331. The maximum atomic E-state index is 2.68. The highest BCUT2D eigenvalue weighted by atomic mass is 15.1. The van der Waals surface area contributed by atoms with Crippen molar-refractivity contribution in [2.45, 2.75) is 165 Å². The molecule has 8 heteroatoms. The Labute approximate surface area is 443 Å². The number of aromatic nitrogens is 8. The van der Waals surface area contributed by atoms with Crippen molar-refractivity contribution in [1.29, 1.82) is 0 Å². The van der Waals surface area contributed by atoms with Gasteiger partial charge in [0.15, 0.2) is 0 Å². The van der Waals surface area contributed by atoms with E-state index in [1.165, 1.54) is 162 Å². The predicted octanol–water partition coefficient (Wildman–Crippen LogP) is 13.0. The summed E-state index contributed by atoms with van der Waals surface area (Å²) in [7, 11) is 8.46. The number of nitrogens with zero attached hydrogens (tertiary/aromatic N) is 8. The largest absolute Gasteiger partial charge is 0.243 e. The molecule has 2 aliphatic rings. The summed E-state index contributed by atoms with van der Waals surface area (Å²) in [6, 6.07) is 34.3. The van der Waals surface area contributed by atoms with Crippen LogP contribution < -0.4 is 18.3 Å². The molecule has 0 amide bonds. The Balaban J connectivity index is 0.922. The van der Waals surface area contributed by atoms with E-state index in [0.717, 1.165) is 26.2 Å². The normalized spacial score (nSPS) is 13.8. The number of unbranched alkanes of at least 4 members (excludes halogenated alkanes) is 12. The summed E-state index contributed by atoms with van der Waals surface area (Å²) >= 11 is 0. The third-order valence-electron chi connectivity index (χ3n) is 17.2. The number of hydrogen-bond acceptors (Lipinski definition) is 0. The van der Waals surface area contributed by atoms with Crippen LogP contribution in [0.2, 0.25) is 0 Å². The molecule has 8 aromatic rings. The van der Waals surface area contributed by atoms with Crippen LogP contribution in [-0.2, 0) is 65.2 Å². The van der Waals surface area contributed by atoms with Gasteiger partial charge in [-0.1, -0.05) is 124 Å². The molecule has 0 radical (unpaired) electrons. The maximum absolute atomic E-state index is 2.68. The van der Waals surface area contributed by atoms with E-state index in [1.54, 1.807) is 22.3 Å².